The van der Waals surface area contributed by atoms with Gasteiger partial charge in [0.2, 0.25) is 5.91 Å². The SMILES string of the molecule is CCCCOC(=O)N1CCN(C(=O)CNC(=O)c2cc(OCC(=O)N3CCCC3COC(F)(F)F)c3ccc(C)cc3n2)CC1. The van der Waals surface area contributed by atoms with Crippen molar-refractivity contribution in [2.75, 3.05) is 59.1 Å². The van der Waals surface area contributed by atoms with E-state index < -0.39 is 43.5 Å². The van der Waals surface area contributed by atoms with Gasteiger partial charge in [0.05, 0.1) is 31.3 Å². The van der Waals surface area contributed by atoms with Crippen LogP contribution in [0.4, 0.5) is 18.0 Å². The molecule has 2 fully saturated rings. The molecule has 3 heterocycles. The van der Waals surface area contributed by atoms with Crippen LogP contribution >= 0.6 is 0 Å². The number of pyridine rings is 1. The van der Waals surface area contributed by atoms with Gasteiger partial charge < -0.3 is 29.5 Å². The summed E-state index contributed by atoms with van der Waals surface area (Å²) in [6.45, 7) is 4.32. The van der Waals surface area contributed by atoms with Crippen molar-refractivity contribution in [1.29, 1.82) is 0 Å². The van der Waals surface area contributed by atoms with Gasteiger partial charge in [0.25, 0.3) is 11.8 Å². The van der Waals surface area contributed by atoms with Crippen molar-refractivity contribution in [2.24, 2.45) is 0 Å². The highest BCUT2D eigenvalue weighted by molar-refractivity contribution is 5.98. The van der Waals surface area contributed by atoms with Crippen LogP contribution in [0.3, 0.4) is 0 Å². The van der Waals surface area contributed by atoms with Crippen LogP contribution in [0.15, 0.2) is 24.3 Å². The normalized spacial score (nSPS) is 17.0. The van der Waals surface area contributed by atoms with Crippen molar-refractivity contribution >= 4 is 34.7 Å². The molecule has 1 aromatic carbocycles. The fraction of sp³-hybridized carbons (Fsp3) is 0.567. The van der Waals surface area contributed by atoms with E-state index in [0.29, 0.717) is 56.5 Å². The van der Waals surface area contributed by atoms with Crippen LogP contribution in [0, 0.1) is 6.92 Å². The van der Waals surface area contributed by atoms with Gasteiger partial charge in [0, 0.05) is 44.2 Å². The summed E-state index contributed by atoms with van der Waals surface area (Å²) in [6.07, 6.45) is -2.58. The molecule has 1 N–H and O–H groups in total. The molecule has 0 bridgehead atoms. The molecule has 2 aromatic rings. The lowest BCUT2D eigenvalue weighted by atomic mass is 10.1. The molecule has 4 rings (SSSR count). The van der Waals surface area contributed by atoms with Crippen LogP contribution in [-0.4, -0.2) is 115 Å². The number of halogens is 3. The van der Waals surface area contributed by atoms with Gasteiger partial charge >= 0.3 is 12.5 Å². The first kappa shape index (κ1) is 33.7. The first-order chi connectivity index (χ1) is 21.4. The van der Waals surface area contributed by atoms with Crippen molar-refractivity contribution in [3.05, 3.63) is 35.5 Å². The molecule has 15 heteroatoms. The van der Waals surface area contributed by atoms with Crippen LogP contribution < -0.4 is 10.1 Å². The van der Waals surface area contributed by atoms with E-state index in [9.17, 15) is 32.3 Å². The van der Waals surface area contributed by atoms with Crippen LogP contribution in [-0.2, 0) is 19.1 Å². The largest absolute Gasteiger partial charge is 0.522 e. The Morgan fingerprint density at radius 2 is 1.76 bits per heavy atom. The monoisotopic (exact) mass is 637 g/mol. The molecule has 1 unspecified atom stereocenters. The van der Waals surface area contributed by atoms with Crippen molar-refractivity contribution in [1.82, 2.24) is 25.0 Å². The topological polar surface area (TPSA) is 131 Å². The summed E-state index contributed by atoms with van der Waals surface area (Å²) >= 11 is 0. The van der Waals surface area contributed by atoms with E-state index in [1.54, 1.807) is 21.9 Å². The number of hydrogen-bond donors (Lipinski definition) is 1. The van der Waals surface area contributed by atoms with Crippen LogP contribution in [0.5, 0.6) is 5.75 Å². The quantitative estimate of drug-likeness (QED) is 0.372. The summed E-state index contributed by atoms with van der Waals surface area (Å²) in [5.41, 5.74) is 1.25. The van der Waals surface area contributed by atoms with Gasteiger partial charge in [-0.05, 0) is 43.9 Å². The second-order valence-electron chi connectivity index (χ2n) is 11.0. The van der Waals surface area contributed by atoms with Gasteiger partial charge in [-0.25, -0.2) is 9.78 Å². The first-order valence-corrected chi connectivity index (χ1v) is 15.0. The number of aryl methyl sites for hydroxylation is 1. The Labute approximate surface area is 258 Å². The number of hydrogen-bond acceptors (Lipinski definition) is 8. The number of piperazine rings is 1. The van der Waals surface area contributed by atoms with Crippen LogP contribution in [0.2, 0.25) is 0 Å². The number of fused-ring (bicyclic) bond motifs is 1. The maximum Gasteiger partial charge on any atom is 0.522 e. The molecule has 2 saturated heterocycles. The summed E-state index contributed by atoms with van der Waals surface area (Å²) < 4.78 is 52.6. The van der Waals surface area contributed by atoms with E-state index in [1.165, 1.54) is 11.0 Å². The Balaban J connectivity index is 1.35. The minimum absolute atomic E-state index is 0.0411. The molecule has 0 saturated carbocycles. The zero-order chi connectivity index (χ0) is 32.6. The Morgan fingerprint density at radius 1 is 1.02 bits per heavy atom. The number of alkyl halides is 3. The highest BCUT2D eigenvalue weighted by Crippen LogP contribution is 2.28. The van der Waals surface area contributed by atoms with Gasteiger partial charge in [0.1, 0.15) is 11.4 Å². The molecule has 12 nitrogen and oxygen atoms in total. The third-order valence-corrected chi connectivity index (χ3v) is 7.66. The maximum atomic E-state index is 13.1. The zero-order valence-corrected chi connectivity index (χ0v) is 25.4. The Kier molecular flexibility index (Phi) is 11.4. The van der Waals surface area contributed by atoms with E-state index >= 15 is 0 Å². The lowest BCUT2D eigenvalue weighted by Gasteiger charge is -2.34. The molecule has 1 atom stereocenters. The number of carbonyl (C=O) groups excluding carboxylic acids is 4. The zero-order valence-electron chi connectivity index (χ0n) is 25.4. The van der Waals surface area contributed by atoms with Gasteiger partial charge in [-0.15, -0.1) is 13.2 Å². The molecule has 1 aromatic heterocycles. The number of nitrogens with one attached hydrogen (secondary N) is 1. The van der Waals surface area contributed by atoms with Crippen molar-refractivity contribution in [3.63, 3.8) is 0 Å². The summed E-state index contributed by atoms with van der Waals surface area (Å²) in [6, 6.07) is 5.93. The average Bonchev–Trinajstić information content (AvgIpc) is 3.49. The number of amides is 4. The fourth-order valence-corrected chi connectivity index (χ4v) is 5.18. The van der Waals surface area contributed by atoms with E-state index in [1.807, 2.05) is 19.9 Å². The molecule has 0 aliphatic carbocycles. The van der Waals surface area contributed by atoms with Crippen LogP contribution in [0.25, 0.3) is 10.9 Å². The Hall–Kier alpha value is -4.14. The standard InChI is InChI=1S/C30H38F3N5O7/c1-3-4-14-43-29(42)37-12-10-36(11-13-37)26(39)17-34-28(41)24-16-25(22-8-7-20(2)15-23(22)35-24)44-19-27(40)38-9-5-6-21(38)18-45-30(31,32)33/h7-8,15-16,21H,3-6,9-14,17-19H2,1-2H3,(H,34,41). The minimum Gasteiger partial charge on any atom is -0.483 e. The number of nitrogens with zero attached hydrogens (tertiary/aromatic N) is 4. The third kappa shape index (κ3) is 9.42. The van der Waals surface area contributed by atoms with E-state index in [0.717, 1.165) is 18.4 Å². The average molecular weight is 638 g/mol. The lowest BCUT2D eigenvalue weighted by Crippen LogP contribution is -2.52. The number of carbonyl (C=O) groups is 4. The van der Waals surface area contributed by atoms with Crippen LogP contribution in [0.1, 0.15) is 48.7 Å². The third-order valence-electron chi connectivity index (χ3n) is 7.66. The summed E-state index contributed by atoms with van der Waals surface area (Å²) in [5, 5.41) is 3.11. The highest BCUT2D eigenvalue weighted by Gasteiger charge is 2.35. The molecule has 4 amide bonds. The van der Waals surface area contributed by atoms with Crippen molar-refractivity contribution < 1.29 is 46.6 Å². The second-order valence-corrected chi connectivity index (χ2v) is 11.0. The smallest absolute Gasteiger partial charge is 0.483 e. The number of unbranched alkanes of at least 4 members (excludes halogenated alkanes) is 1. The molecule has 2 aliphatic heterocycles. The molecule has 2 aliphatic rings. The fourth-order valence-electron chi connectivity index (χ4n) is 5.18. The number of aromatic nitrogens is 1. The van der Waals surface area contributed by atoms with Crippen molar-refractivity contribution in [2.45, 2.75) is 51.9 Å². The predicted molar refractivity (Wildman–Crippen MR) is 155 cm³/mol. The Morgan fingerprint density at radius 3 is 2.47 bits per heavy atom. The number of rotatable bonds is 11. The number of ether oxygens (including phenoxy) is 3. The second kappa shape index (κ2) is 15.2. The maximum absolute atomic E-state index is 13.1. The van der Waals surface area contributed by atoms with E-state index in [2.05, 4.69) is 15.0 Å². The first-order valence-electron chi connectivity index (χ1n) is 15.0. The van der Waals surface area contributed by atoms with Gasteiger partial charge in [-0.3, -0.25) is 19.1 Å². The molecule has 246 valence electrons. The van der Waals surface area contributed by atoms with E-state index in [4.69, 9.17) is 9.47 Å². The predicted octanol–water partition coefficient (Wildman–Crippen LogP) is 3.26. The highest BCUT2D eigenvalue weighted by atomic mass is 19.4. The van der Waals surface area contributed by atoms with Gasteiger partial charge in [-0.2, -0.15) is 0 Å². The minimum atomic E-state index is -4.79. The molecule has 0 spiro atoms. The number of likely N-dealkylation sites (tertiary alicyclic amines) is 1. The molecular formula is C30H38F3N5O7. The summed E-state index contributed by atoms with van der Waals surface area (Å²) in [7, 11) is 0. The molecular weight excluding hydrogens is 599 g/mol. The molecule has 45 heavy (non-hydrogen) atoms. The molecule has 0 radical (unpaired) electrons. The number of benzene rings is 1. The van der Waals surface area contributed by atoms with Crippen molar-refractivity contribution in [3.8, 4) is 5.75 Å². The van der Waals surface area contributed by atoms with Gasteiger partial charge in [0.15, 0.2) is 6.61 Å². The summed E-state index contributed by atoms with van der Waals surface area (Å²) in [4.78, 5) is 59.8. The lowest BCUT2D eigenvalue weighted by molar-refractivity contribution is -0.327. The summed E-state index contributed by atoms with van der Waals surface area (Å²) in [5.74, 6) is -1.28. The Bertz CT molecular complexity index is 1380. The van der Waals surface area contributed by atoms with Gasteiger partial charge in [-0.1, -0.05) is 19.4 Å². The van der Waals surface area contributed by atoms with E-state index in [-0.39, 0.29) is 30.4 Å².